The van der Waals surface area contributed by atoms with Crippen LogP contribution in [0.15, 0.2) is 18.2 Å². The first kappa shape index (κ1) is 12.8. The zero-order valence-corrected chi connectivity index (χ0v) is 10.5. The molecule has 0 aliphatic heterocycles. The van der Waals surface area contributed by atoms with E-state index in [1.165, 1.54) is 11.3 Å². The van der Waals surface area contributed by atoms with Crippen molar-refractivity contribution in [2.45, 2.75) is 20.8 Å². The average Bonchev–Trinajstić information content (AvgIpc) is 2.28. The van der Waals surface area contributed by atoms with Crippen molar-refractivity contribution in [3.63, 3.8) is 0 Å². The molecule has 1 rings (SSSR count). The molecule has 0 saturated carbocycles. The summed E-state index contributed by atoms with van der Waals surface area (Å²) in [7, 11) is 0. The van der Waals surface area contributed by atoms with Crippen LogP contribution < -0.4 is 10.6 Å². The molecular formula is C13H22N2O. The van der Waals surface area contributed by atoms with E-state index in [4.69, 9.17) is 10.5 Å². The Hall–Kier alpha value is -1.22. The summed E-state index contributed by atoms with van der Waals surface area (Å²) >= 11 is 0. The lowest BCUT2D eigenvalue weighted by molar-refractivity contribution is 0.154. The lowest BCUT2D eigenvalue weighted by Gasteiger charge is -2.25. The van der Waals surface area contributed by atoms with Crippen molar-refractivity contribution in [2.24, 2.45) is 0 Å². The van der Waals surface area contributed by atoms with Gasteiger partial charge in [-0.2, -0.15) is 0 Å². The van der Waals surface area contributed by atoms with E-state index in [9.17, 15) is 0 Å². The number of rotatable bonds is 6. The Labute approximate surface area is 98.2 Å². The van der Waals surface area contributed by atoms with Crippen molar-refractivity contribution < 1.29 is 4.74 Å². The van der Waals surface area contributed by atoms with Crippen molar-refractivity contribution in [3.8, 4) is 0 Å². The third-order valence-corrected chi connectivity index (χ3v) is 2.67. The molecule has 0 aliphatic rings. The number of nitrogens with two attached hydrogens (primary N) is 1. The van der Waals surface area contributed by atoms with Crippen LogP contribution in [0, 0.1) is 6.92 Å². The minimum absolute atomic E-state index is 0.762. The molecule has 1 aromatic carbocycles. The quantitative estimate of drug-likeness (QED) is 0.593. The van der Waals surface area contributed by atoms with Crippen LogP contribution in [0.4, 0.5) is 11.4 Å². The fourth-order valence-corrected chi connectivity index (χ4v) is 1.74. The summed E-state index contributed by atoms with van der Waals surface area (Å²) < 4.78 is 5.38. The summed E-state index contributed by atoms with van der Waals surface area (Å²) in [5, 5.41) is 0. The van der Waals surface area contributed by atoms with E-state index in [0.29, 0.717) is 0 Å². The lowest BCUT2D eigenvalue weighted by atomic mass is 10.1. The van der Waals surface area contributed by atoms with E-state index < -0.39 is 0 Å². The summed E-state index contributed by atoms with van der Waals surface area (Å²) in [4.78, 5) is 2.29. The Kier molecular flexibility index (Phi) is 5.12. The van der Waals surface area contributed by atoms with Crippen molar-refractivity contribution >= 4 is 11.4 Å². The zero-order valence-electron chi connectivity index (χ0n) is 10.5. The topological polar surface area (TPSA) is 38.5 Å². The maximum atomic E-state index is 5.82. The van der Waals surface area contributed by atoms with Gasteiger partial charge in [-0.25, -0.2) is 0 Å². The Morgan fingerprint density at radius 3 is 2.69 bits per heavy atom. The minimum Gasteiger partial charge on any atom is -0.399 e. The van der Waals surface area contributed by atoms with Gasteiger partial charge in [0, 0.05) is 31.1 Å². The molecule has 3 heteroatoms. The van der Waals surface area contributed by atoms with Crippen LogP contribution in [0.2, 0.25) is 0 Å². The van der Waals surface area contributed by atoms with Crippen LogP contribution in [0.3, 0.4) is 0 Å². The molecule has 0 fully saturated rings. The molecule has 0 radical (unpaired) electrons. The van der Waals surface area contributed by atoms with Gasteiger partial charge in [-0.1, -0.05) is 6.07 Å². The van der Waals surface area contributed by atoms with Crippen molar-refractivity contribution in [1.29, 1.82) is 0 Å². The first-order chi connectivity index (χ1) is 7.69. The number of anilines is 2. The fraction of sp³-hybridized carbons (Fsp3) is 0.538. The molecule has 0 heterocycles. The normalized spacial score (nSPS) is 10.4. The summed E-state index contributed by atoms with van der Waals surface area (Å²) in [6.45, 7) is 9.69. The maximum absolute atomic E-state index is 5.82. The van der Waals surface area contributed by atoms with Crippen molar-refractivity contribution in [1.82, 2.24) is 0 Å². The van der Waals surface area contributed by atoms with Crippen molar-refractivity contribution in [3.05, 3.63) is 23.8 Å². The second-order valence-corrected chi connectivity index (χ2v) is 3.82. The first-order valence-corrected chi connectivity index (χ1v) is 5.87. The zero-order chi connectivity index (χ0) is 12.0. The van der Waals surface area contributed by atoms with Gasteiger partial charge in [0.15, 0.2) is 0 Å². The monoisotopic (exact) mass is 222 g/mol. The molecule has 0 aromatic heterocycles. The smallest absolute Gasteiger partial charge is 0.0641 e. The molecule has 16 heavy (non-hydrogen) atoms. The maximum Gasteiger partial charge on any atom is 0.0641 e. The van der Waals surface area contributed by atoms with Crippen LogP contribution in [-0.2, 0) is 4.74 Å². The fourth-order valence-electron chi connectivity index (χ4n) is 1.74. The average molecular weight is 222 g/mol. The number of likely N-dealkylation sites (N-methyl/N-ethyl adjacent to an activating group) is 1. The molecule has 3 nitrogen and oxygen atoms in total. The van der Waals surface area contributed by atoms with E-state index in [0.717, 1.165) is 32.0 Å². The second kappa shape index (κ2) is 6.38. The van der Waals surface area contributed by atoms with Crippen LogP contribution in [0.1, 0.15) is 19.4 Å². The summed E-state index contributed by atoms with van der Waals surface area (Å²) in [5.41, 5.74) is 9.10. The van der Waals surface area contributed by atoms with Gasteiger partial charge in [0.05, 0.1) is 6.61 Å². The SMILES string of the molecule is CCOCCN(CC)c1cc(N)ccc1C. The third kappa shape index (κ3) is 3.42. The molecular weight excluding hydrogens is 200 g/mol. The van der Waals surface area contributed by atoms with Gasteiger partial charge in [0.25, 0.3) is 0 Å². The molecule has 1 aromatic rings. The van der Waals surface area contributed by atoms with E-state index in [1.807, 2.05) is 19.1 Å². The molecule has 0 bridgehead atoms. The predicted octanol–water partition coefficient (Wildman–Crippen LogP) is 2.44. The predicted molar refractivity (Wildman–Crippen MR) is 70.0 cm³/mol. The highest BCUT2D eigenvalue weighted by atomic mass is 16.5. The van der Waals surface area contributed by atoms with E-state index in [-0.39, 0.29) is 0 Å². The molecule has 0 spiro atoms. The molecule has 0 amide bonds. The van der Waals surface area contributed by atoms with Crippen molar-refractivity contribution in [2.75, 3.05) is 36.9 Å². The van der Waals surface area contributed by atoms with Gasteiger partial charge in [-0.15, -0.1) is 0 Å². The highest BCUT2D eigenvalue weighted by molar-refractivity contribution is 5.60. The van der Waals surface area contributed by atoms with Crippen LogP contribution >= 0.6 is 0 Å². The van der Waals surface area contributed by atoms with Gasteiger partial charge in [-0.05, 0) is 38.5 Å². The Morgan fingerprint density at radius 1 is 1.31 bits per heavy atom. The first-order valence-electron chi connectivity index (χ1n) is 5.87. The van der Waals surface area contributed by atoms with E-state index in [2.05, 4.69) is 24.8 Å². The van der Waals surface area contributed by atoms with Gasteiger partial charge in [0.1, 0.15) is 0 Å². The van der Waals surface area contributed by atoms with Gasteiger partial charge in [-0.3, -0.25) is 0 Å². The lowest BCUT2D eigenvalue weighted by Crippen LogP contribution is -2.27. The number of aryl methyl sites for hydroxylation is 1. The number of nitrogen functional groups attached to an aromatic ring is 1. The molecule has 0 atom stereocenters. The van der Waals surface area contributed by atoms with E-state index in [1.54, 1.807) is 0 Å². The Morgan fingerprint density at radius 2 is 2.06 bits per heavy atom. The summed E-state index contributed by atoms with van der Waals surface area (Å²) in [5.74, 6) is 0. The van der Waals surface area contributed by atoms with E-state index >= 15 is 0 Å². The van der Waals surface area contributed by atoms with Gasteiger partial charge >= 0.3 is 0 Å². The molecule has 0 unspecified atom stereocenters. The number of benzene rings is 1. The highest BCUT2D eigenvalue weighted by Gasteiger charge is 2.07. The number of hydrogen-bond acceptors (Lipinski definition) is 3. The highest BCUT2D eigenvalue weighted by Crippen LogP contribution is 2.22. The molecule has 0 saturated heterocycles. The Bertz CT molecular complexity index is 326. The Balaban J connectivity index is 2.73. The summed E-state index contributed by atoms with van der Waals surface area (Å²) in [6.07, 6.45) is 0. The van der Waals surface area contributed by atoms with Crippen LogP contribution in [0.25, 0.3) is 0 Å². The summed E-state index contributed by atoms with van der Waals surface area (Å²) in [6, 6.07) is 6.04. The number of ether oxygens (including phenoxy) is 1. The number of nitrogens with zero attached hydrogens (tertiary/aromatic N) is 1. The second-order valence-electron chi connectivity index (χ2n) is 3.82. The standard InChI is InChI=1S/C13H22N2O/c1-4-15(8-9-16-5-2)13-10-12(14)7-6-11(13)3/h6-7,10H,4-5,8-9,14H2,1-3H3. The minimum atomic E-state index is 0.762. The van der Waals surface area contributed by atoms with Crippen LogP contribution in [0.5, 0.6) is 0 Å². The largest absolute Gasteiger partial charge is 0.399 e. The molecule has 90 valence electrons. The van der Waals surface area contributed by atoms with Crippen LogP contribution in [-0.4, -0.2) is 26.3 Å². The third-order valence-electron chi connectivity index (χ3n) is 2.67. The molecule has 2 N–H and O–H groups in total. The van der Waals surface area contributed by atoms with Gasteiger partial charge in [0.2, 0.25) is 0 Å². The number of hydrogen-bond donors (Lipinski definition) is 1. The molecule has 0 aliphatic carbocycles. The van der Waals surface area contributed by atoms with Gasteiger partial charge < -0.3 is 15.4 Å².